The topological polar surface area (TPSA) is 129 Å². The van der Waals surface area contributed by atoms with Crippen LogP contribution in [0, 0.1) is 5.41 Å². The molecule has 2 aromatic heterocycles. The summed E-state index contributed by atoms with van der Waals surface area (Å²) in [6.45, 7) is 0.753. The lowest BCUT2D eigenvalue weighted by Crippen LogP contribution is -2.41. The van der Waals surface area contributed by atoms with Gasteiger partial charge in [0.15, 0.2) is 0 Å². The number of rotatable bonds is 6. The van der Waals surface area contributed by atoms with Crippen LogP contribution in [0.1, 0.15) is 17.5 Å². The first-order valence-corrected chi connectivity index (χ1v) is 11.7. The van der Waals surface area contributed by atoms with Gasteiger partial charge >= 0.3 is 0 Å². The number of hydrogen-bond donors (Lipinski definition) is 3. The third-order valence-corrected chi connectivity index (χ3v) is 8.01. The standard InChI is InChI=1S/C19H18ClN5O3S2/c20-13-7-16-15(23-9-13)8-17(29-16)30(27,28)24-14-4-5-25(19(14)26)10-11-2-1-3-12(6-11)18(21)22/h1-3,6-9,14,24H,4-5,10H2,(H3,21,22)/t14-/m0/s1. The molecule has 4 rings (SSSR count). The number of hydrogen-bond acceptors (Lipinski definition) is 6. The van der Waals surface area contributed by atoms with Gasteiger partial charge in [0.2, 0.25) is 5.91 Å². The highest BCUT2D eigenvalue weighted by atomic mass is 35.5. The van der Waals surface area contributed by atoms with E-state index in [4.69, 9.17) is 22.7 Å². The number of carbonyl (C=O) groups is 1. The molecular weight excluding hydrogens is 446 g/mol. The molecule has 8 nitrogen and oxygen atoms in total. The maximum Gasteiger partial charge on any atom is 0.250 e. The Balaban J connectivity index is 1.48. The molecule has 4 N–H and O–H groups in total. The summed E-state index contributed by atoms with van der Waals surface area (Å²) in [6, 6.07) is 9.40. The van der Waals surface area contributed by atoms with Crippen LogP contribution in [0.4, 0.5) is 0 Å². The molecule has 11 heteroatoms. The molecule has 156 valence electrons. The number of likely N-dealkylation sites (tertiary alicyclic amines) is 1. The summed E-state index contributed by atoms with van der Waals surface area (Å²) in [4.78, 5) is 18.5. The number of nitrogen functional groups attached to an aromatic ring is 1. The first-order chi connectivity index (χ1) is 14.2. The maximum atomic E-state index is 12.8. The molecule has 3 aromatic rings. The number of aromatic nitrogens is 1. The molecule has 1 aromatic carbocycles. The van der Waals surface area contributed by atoms with Gasteiger partial charge < -0.3 is 10.6 Å². The number of thiophene rings is 1. The van der Waals surface area contributed by atoms with Crippen LogP contribution in [0.5, 0.6) is 0 Å². The van der Waals surface area contributed by atoms with Gasteiger partial charge in [0.1, 0.15) is 16.1 Å². The first kappa shape index (κ1) is 20.7. The second-order valence-corrected chi connectivity index (χ2v) is 10.4. The van der Waals surface area contributed by atoms with E-state index in [0.29, 0.717) is 40.3 Å². The lowest BCUT2D eigenvalue weighted by atomic mass is 10.1. The normalized spacial score (nSPS) is 17.0. The number of fused-ring (bicyclic) bond motifs is 1. The molecule has 1 aliphatic heterocycles. The number of pyridine rings is 1. The Hall–Kier alpha value is -2.53. The summed E-state index contributed by atoms with van der Waals surface area (Å²) < 4.78 is 28.9. The molecule has 0 spiro atoms. The van der Waals surface area contributed by atoms with E-state index in [0.717, 1.165) is 16.9 Å². The molecule has 1 aliphatic rings. The van der Waals surface area contributed by atoms with Crippen LogP contribution in [0.15, 0.2) is 46.8 Å². The Morgan fingerprint density at radius 2 is 2.17 bits per heavy atom. The number of nitrogens with one attached hydrogen (secondary N) is 2. The second-order valence-electron chi connectivity index (χ2n) is 6.94. The average Bonchev–Trinajstić information content (AvgIpc) is 3.27. The average molecular weight is 464 g/mol. The van der Waals surface area contributed by atoms with Crippen LogP contribution in [-0.2, 0) is 21.4 Å². The van der Waals surface area contributed by atoms with Crippen molar-refractivity contribution in [3.8, 4) is 0 Å². The number of halogens is 1. The van der Waals surface area contributed by atoms with Crippen molar-refractivity contribution in [1.29, 1.82) is 5.41 Å². The zero-order valence-electron chi connectivity index (χ0n) is 15.6. The minimum Gasteiger partial charge on any atom is -0.384 e. The Kier molecular flexibility index (Phi) is 5.49. The van der Waals surface area contributed by atoms with Gasteiger partial charge in [-0.25, -0.2) is 8.42 Å². The predicted octanol–water partition coefficient (Wildman–Crippen LogP) is 2.31. The number of sulfonamides is 1. The fourth-order valence-electron chi connectivity index (χ4n) is 3.31. The quantitative estimate of drug-likeness (QED) is 0.381. The highest BCUT2D eigenvalue weighted by Gasteiger charge is 2.35. The molecule has 0 unspecified atom stereocenters. The Labute approximate surface area is 182 Å². The van der Waals surface area contributed by atoms with Crippen molar-refractivity contribution in [3.63, 3.8) is 0 Å². The van der Waals surface area contributed by atoms with Crippen molar-refractivity contribution in [1.82, 2.24) is 14.6 Å². The Bertz CT molecular complexity index is 1260. The highest BCUT2D eigenvalue weighted by molar-refractivity contribution is 7.91. The Morgan fingerprint density at radius 3 is 2.93 bits per heavy atom. The molecule has 30 heavy (non-hydrogen) atoms. The summed E-state index contributed by atoms with van der Waals surface area (Å²) in [5, 5.41) is 7.96. The summed E-state index contributed by atoms with van der Waals surface area (Å²) in [5.74, 6) is -0.330. The number of carbonyl (C=O) groups excluding carboxylic acids is 1. The van der Waals surface area contributed by atoms with Gasteiger partial charge in [0.05, 0.1) is 15.2 Å². The molecule has 1 saturated heterocycles. The fourth-order valence-corrected chi connectivity index (χ4v) is 6.15. The monoisotopic (exact) mass is 463 g/mol. The van der Waals surface area contributed by atoms with E-state index in [2.05, 4.69) is 9.71 Å². The van der Waals surface area contributed by atoms with Crippen LogP contribution in [0.25, 0.3) is 10.2 Å². The number of benzene rings is 1. The zero-order chi connectivity index (χ0) is 21.5. The summed E-state index contributed by atoms with van der Waals surface area (Å²) in [6.07, 6.45) is 1.83. The highest BCUT2D eigenvalue weighted by Crippen LogP contribution is 2.30. The van der Waals surface area contributed by atoms with Crippen molar-refractivity contribution in [2.75, 3.05) is 6.54 Å². The third-order valence-electron chi connectivity index (χ3n) is 4.78. The van der Waals surface area contributed by atoms with E-state index in [1.165, 1.54) is 12.3 Å². The minimum absolute atomic E-state index is 0.0469. The molecule has 0 radical (unpaired) electrons. The first-order valence-electron chi connectivity index (χ1n) is 9.02. The van der Waals surface area contributed by atoms with Gasteiger partial charge in [0.25, 0.3) is 10.0 Å². The molecule has 1 atom stereocenters. The van der Waals surface area contributed by atoms with Gasteiger partial charge in [-0.3, -0.25) is 15.2 Å². The number of amidine groups is 1. The number of amides is 1. The van der Waals surface area contributed by atoms with Crippen molar-refractivity contribution in [3.05, 3.63) is 58.7 Å². The van der Waals surface area contributed by atoms with Gasteiger partial charge in [-0.2, -0.15) is 4.72 Å². The van der Waals surface area contributed by atoms with Gasteiger partial charge in [-0.15, -0.1) is 11.3 Å². The van der Waals surface area contributed by atoms with E-state index in [1.54, 1.807) is 29.2 Å². The molecule has 0 bridgehead atoms. The van der Waals surface area contributed by atoms with Crippen LogP contribution < -0.4 is 10.5 Å². The zero-order valence-corrected chi connectivity index (χ0v) is 18.0. The number of nitrogens with two attached hydrogens (primary N) is 1. The Morgan fingerprint density at radius 1 is 1.37 bits per heavy atom. The van der Waals surface area contributed by atoms with E-state index in [1.807, 2.05) is 6.07 Å². The van der Waals surface area contributed by atoms with Crippen molar-refractivity contribution >= 4 is 54.9 Å². The number of nitrogens with zero attached hydrogens (tertiary/aromatic N) is 2. The molecule has 0 saturated carbocycles. The van der Waals surface area contributed by atoms with Crippen LogP contribution in [0.2, 0.25) is 5.02 Å². The predicted molar refractivity (Wildman–Crippen MR) is 116 cm³/mol. The third kappa shape index (κ3) is 4.17. The summed E-state index contributed by atoms with van der Waals surface area (Å²) in [5.41, 5.74) is 7.46. The molecule has 3 heterocycles. The van der Waals surface area contributed by atoms with E-state index >= 15 is 0 Å². The van der Waals surface area contributed by atoms with Gasteiger partial charge in [-0.1, -0.05) is 29.8 Å². The summed E-state index contributed by atoms with van der Waals surface area (Å²) >= 11 is 6.98. The van der Waals surface area contributed by atoms with E-state index < -0.39 is 16.1 Å². The summed E-state index contributed by atoms with van der Waals surface area (Å²) in [7, 11) is -3.87. The van der Waals surface area contributed by atoms with Gasteiger partial charge in [0, 0.05) is 24.8 Å². The molecule has 0 aliphatic carbocycles. The lowest BCUT2D eigenvalue weighted by molar-refractivity contribution is -0.129. The van der Waals surface area contributed by atoms with E-state index in [9.17, 15) is 13.2 Å². The van der Waals surface area contributed by atoms with Crippen molar-refractivity contribution in [2.24, 2.45) is 5.73 Å². The smallest absolute Gasteiger partial charge is 0.250 e. The largest absolute Gasteiger partial charge is 0.384 e. The van der Waals surface area contributed by atoms with Crippen LogP contribution in [0.3, 0.4) is 0 Å². The molecule has 1 amide bonds. The lowest BCUT2D eigenvalue weighted by Gasteiger charge is -2.17. The van der Waals surface area contributed by atoms with Crippen LogP contribution >= 0.6 is 22.9 Å². The molecular formula is C19H18ClN5O3S2. The van der Waals surface area contributed by atoms with Crippen molar-refractivity contribution < 1.29 is 13.2 Å². The van der Waals surface area contributed by atoms with E-state index in [-0.39, 0.29) is 16.0 Å². The molecule has 1 fully saturated rings. The maximum absolute atomic E-state index is 12.8. The minimum atomic E-state index is -3.87. The van der Waals surface area contributed by atoms with Crippen LogP contribution in [-0.4, -0.2) is 42.6 Å². The SMILES string of the molecule is N=C(N)c1cccc(CN2CC[C@H](NS(=O)(=O)c3cc4ncc(Cl)cc4s3)C2=O)c1. The van der Waals surface area contributed by atoms with Crippen molar-refractivity contribution in [2.45, 2.75) is 23.2 Å². The fraction of sp³-hybridized carbons (Fsp3) is 0.211. The second kappa shape index (κ2) is 7.95. The van der Waals surface area contributed by atoms with Gasteiger partial charge in [-0.05, 0) is 30.2 Å².